The minimum atomic E-state index is -0.363. The molecule has 0 amide bonds. The zero-order valence-electron chi connectivity index (χ0n) is 18.2. The number of carbonyl (C=O) groups is 1. The number of hydrogen-bond donors (Lipinski definition) is 0. The molecule has 6 heteroatoms. The summed E-state index contributed by atoms with van der Waals surface area (Å²) in [7, 11) is 0. The summed E-state index contributed by atoms with van der Waals surface area (Å²) in [5.41, 5.74) is 2.82. The summed E-state index contributed by atoms with van der Waals surface area (Å²) in [6.07, 6.45) is 5.34. The van der Waals surface area contributed by atoms with Crippen LogP contribution >= 0.6 is 23.1 Å². The van der Waals surface area contributed by atoms with Crippen LogP contribution in [0.5, 0.6) is 0 Å². The highest BCUT2D eigenvalue weighted by atomic mass is 32.2. The zero-order chi connectivity index (χ0) is 23.4. The van der Waals surface area contributed by atoms with Crippen molar-refractivity contribution in [1.82, 2.24) is 4.57 Å². The van der Waals surface area contributed by atoms with Crippen molar-refractivity contribution < 1.29 is 9.18 Å². The first-order valence-electron chi connectivity index (χ1n) is 10.4. The lowest BCUT2D eigenvalue weighted by Crippen LogP contribution is -2.32. The molecule has 0 spiro atoms. The highest BCUT2D eigenvalue weighted by Crippen LogP contribution is 2.15. The van der Waals surface area contributed by atoms with Crippen molar-refractivity contribution >= 4 is 41.0 Å². The number of benzene rings is 3. The summed E-state index contributed by atoms with van der Waals surface area (Å²) in [6.45, 7) is 2.06. The number of aryl methyl sites for hydroxylation is 1. The van der Waals surface area contributed by atoms with E-state index in [1.54, 1.807) is 30.0 Å². The number of rotatable bonds is 6. The van der Waals surface area contributed by atoms with Gasteiger partial charge in [-0.05, 0) is 60.2 Å². The molecular weight excluding hydrogens is 453 g/mol. The quantitative estimate of drug-likeness (QED) is 0.302. The maximum atomic E-state index is 13.7. The maximum Gasteiger partial charge on any atom is 0.269 e. The average Bonchev–Trinajstić information content (AvgIpc) is 3.08. The number of Topliss-reactive ketones (excluding diaryl/α,β-unsaturated/α-hetero) is 1. The lowest BCUT2D eigenvalue weighted by Gasteiger charge is -2.04. The number of halogens is 1. The molecule has 0 atom stereocenters. The molecule has 1 aromatic heterocycles. The van der Waals surface area contributed by atoms with Crippen LogP contribution in [-0.2, 0) is 6.54 Å². The van der Waals surface area contributed by atoms with Gasteiger partial charge in [-0.2, -0.15) is 0 Å². The van der Waals surface area contributed by atoms with E-state index in [9.17, 15) is 14.0 Å². The van der Waals surface area contributed by atoms with Crippen LogP contribution in [-0.4, -0.2) is 16.6 Å². The van der Waals surface area contributed by atoms with E-state index < -0.39 is 0 Å². The Balaban J connectivity index is 1.85. The molecule has 0 aliphatic carbocycles. The van der Waals surface area contributed by atoms with Crippen LogP contribution in [0.1, 0.15) is 27.0 Å². The van der Waals surface area contributed by atoms with E-state index in [0.717, 1.165) is 16.0 Å². The molecule has 0 aliphatic rings. The molecule has 0 saturated carbocycles. The SMILES string of the molecule is CSc1ccc(C=c2sc(=CC(=O)c3ccccc3C)n(Cc3cccc(F)c3)c2=O)cc1. The Morgan fingerprint density at radius 2 is 1.82 bits per heavy atom. The molecule has 166 valence electrons. The Kier molecular flexibility index (Phi) is 7.06. The van der Waals surface area contributed by atoms with Crippen molar-refractivity contribution in [3.8, 4) is 0 Å². The van der Waals surface area contributed by atoms with Crippen LogP contribution in [0.15, 0.2) is 82.5 Å². The third-order valence-electron chi connectivity index (χ3n) is 5.24. The normalized spacial score (nSPS) is 12.3. The minimum Gasteiger partial charge on any atom is -0.294 e. The number of aromatic nitrogens is 1. The van der Waals surface area contributed by atoms with Gasteiger partial charge in [0.1, 0.15) is 10.5 Å². The average molecular weight is 476 g/mol. The molecule has 0 saturated heterocycles. The second kappa shape index (κ2) is 10.1. The number of hydrogen-bond acceptors (Lipinski definition) is 4. The molecule has 1 heterocycles. The number of thiazole rings is 1. The Bertz CT molecular complexity index is 1480. The maximum absolute atomic E-state index is 13.7. The third kappa shape index (κ3) is 5.41. The lowest BCUT2D eigenvalue weighted by atomic mass is 10.1. The van der Waals surface area contributed by atoms with Crippen molar-refractivity contribution in [1.29, 1.82) is 0 Å². The van der Waals surface area contributed by atoms with Gasteiger partial charge in [0.25, 0.3) is 5.56 Å². The van der Waals surface area contributed by atoms with E-state index in [0.29, 0.717) is 20.3 Å². The first-order valence-corrected chi connectivity index (χ1v) is 12.4. The second-order valence-electron chi connectivity index (χ2n) is 7.57. The molecule has 0 unspecified atom stereocenters. The van der Waals surface area contributed by atoms with Crippen LogP contribution in [0, 0.1) is 12.7 Å². The van der Waals surface area contributed by atoms with E-state index in [1.165, 1.54) is 34.1 Å². The number of thioether (sulfide) groups is 1. The molecule has 0 N–H and O–H groups in total. The summed E-state index contributed by atoms with van der Waals surface area (Å²) in [5.74, 6) is -0.531. The fourth-order valence-corrected chi connectivity index (χ4v) is 4.95. The Hall–Kier alpha value is -3.22. The summed E-state index contributed by atoms with van der Waals surface area (Å²) in [4.78, 5) is 27.4. The van der Waals surface area contributed by atoms with Crippen LogP contribution in [0.25, 0.3) is 12.2 Å². The molecule has 0 bridgehead atoms. The van der Waals surface area contributed by atoms with Gasteiger partial charge < -0.3 is 0 Å². The number of ketones is 1. The summed E-state index contributed by atoms with van der Waals surface area (Å²) in [5, 5.41) is 0. The molecule has 33 heavy (non-hydrogen) atoms. The molecule has 0 fully saturated rings. The van der Waals surface area contributed by atoms with Gasteiger partial charge in [0.15, 0.2) is 5.78 Å². The van der Waals surface area contributed by atoms with Gasteiger partial charge in [0.2, 0.25) is 0 Å². The molecule has 4 rings (SSSR count). The molecule has 3 nitrogen and oxygen atoms in total. The summed E-state index contributed by atoms with van der Waals surface area (Å²) >= 11 is 2.91. The van der Waals surface area contributed by atoms with Crippen molar-refractivity contribution in [2.24, 2.45) is 0 Å². The van der Waals surface area contributed by atoms with Crippen molar-refractivity contribution in [3.63, 3.8) is 0 Å². The van der Waals surface area contributed by atoms with Gasteiger partial charge in [0.05, 0.1) is 11.1 Å². The molecular formula is C27H22FNO2S2. The van der Waals surface area contributed by atoms with Crippen LogP contribution < -0.4 is 14.8 Å². The van der Waals surface area contributed by atoms with Crippen molar-refractivity contribution in [2.75, 3.05) is 6.26 Å². The third-order valence-corrected chi connectivity index (χ3v) is 7.05. The van der Waals surface area contributed by atoms with E-state index in [2.05, 4.69) is 0 Å². The van der Waals surface area contributed by atoms with E-state index in [4.69, 9.17) is 0 Å². The first kappa shape index (κ1) is 23.0. The predicted octanol–water partition coefficient (Wildman–Crippen LogP) is 4.62. The molecule has 0 aliphatic heterocycles. The fourth-order valence-electron chi connectivity index (χ4n) is 3.50. The van der Waals surface area contributed by atoms with Crippen LogP contribution in [0.3, 0.4) is 0 Å². The van der Waals surface area contributed by atoms with Gasteiger partial charge in [-0.1, -0.05) is 48.5 Å². The van der Waals surface area contributed by atoms with Gasteiger partial charge in [-0.15, -0.1) is 23.1 Å². The summed E-state index contributed by atoms with van der Waals surface area (Å²) in [6, 6.07) is 21.4. The van der Waals surface area contributed by atoms with Crippen LogP contribution in [0.4, 0.5) is 4.39 Å². The Morgan fingerprint density at radius 1 is 1.06 bits per heavy atom. The number of carbonyl (C=O) groups excluding carboxylic acids is 1. The van der Waals surface area contributed by atoms with Gasteiger partial charge in [0, 0.05) is 16.5 Å². The monoisotopic (exact) mass is 475 g/mol. The van der Waals surface area contributed by atoms with Gasteiger partial charge in [-0.25, -0.2) is 4.39 Å². The van der Waals surface area contributed by atoms with E-state index in [1.807, 2.05) is 61.7 Å². The predicted molar refractivity (Wildman–Crippen MR) is 135 cm³/mol. The van der Waals surface area contributed by atoms with Crippen LogP contribution in [0.2, 0.25) is 0 Å². The largest absolute Gasteiger partial charge is 0.294 e. The van der Waals surface area contributed by atoms with Crippen molar-refractivity contribution in [3.05, 3.63) is 120 Å². The standard InChI is InChI=1S/C27H22FNO2S2/c1-18-6-3-4-9-23(18)24(30)16-26-29(17-20-7-5-8-21(28)14-20)27(31)25(33-26)15-19-10-12-22(32-2)13-11-19/h3-16H,17H2,1-2H3. The molecule has 0 radical (unpaired) electrons. The van der Waals surface area contributed by atoms with E-state index in [-0.39, 0.29) is 23.7 Å². The van der Waals surface area contributed by atoms with Gasteiger partial charge in [-0.3, -0.25) is 14.2 Å². The topological polar surface area (TPSA) is 39.1 Å². The van der Waals surface area contributed by atoms with Gasteiger partial charge >= 0.3 is 0 Å². The van der Waals surface area contributed by atoms with Crippen molar-refractivity contribution in [2.45, 2.75) is 18.4 Å². The first-order chi connectivity index (χ1) is 15.9. The Morgan fingerprint density at radius 3 is 2.52 bits per heavy atom. The summed E-state index contributed by atoms with van der Waals surface area (Å²) < 4.78 is 16.3. The molecule has 4 aromatic rings. The smallest absolute Gasteiger partial charge is 0.269 e. The highest BCUT2D eigenvalue weighted by Gasteiger charge is 2.10. The lowest BCUT2D eigenvalue weighted by molar-refractivity contribution is 0.106. The highest BCUT2D eigenvalue weighted by molar-refractivity contribution is 7.98. The molecule has 3 aromatic carbocycles. The number of nitrogens with zero attached hydrogens (tertiary/aromatic N) is 1. The minimum absolute atomic E-state index is 0.168. The second-order valence-corrected chi connectivity index (χ2v) is 9.51. The fraction of sp³-hybridized carbons (Fsp3) is 0.111. The van der Waals surface area contributed by atoms with E-state index >= 15 is 0 Å². The Labute approximate surface area is 199 Å². The zero-order valence-corrected chi connectivity index (χ0v) is 19.9.